The highest BCUT2D eigenvalue weighted by Gasteiger charge is 2.15. The van der Waals surface area contributed by atoms with Crippen LogP contribution < -0.4 is 4.74 Å². The third kappa shape index (κ3) is 4.63. The van der Waals surface area contributed by atoms with E-state index in [2.05, 4.69) is 15.9 Å². The van der Waals surface area contributed by atoms with Crippen molar-refractivity contribution in [2.45, 2.75) is 0 Å². The van der Waals surface area contributed by atoms with Gasteiger partial charge in [-0.3, -0.25) is 0 Å². The van der Waals surface area contributed by atoms with Gasteiger partial charge < -0.3 is 9.47 Å². The Kier molecular flexibility index (Phi) is 5.86. The van der Waals surface area contributed by atoms with Crippen LogP contribution in [0, 0.1) is 0 Å². The second-order valence-electron chi connectivity index (χ2n) is 6.38. The lowest BCUT2D eigenvalue weighted by Crippen LogP contribution is -2.13. The Morgan fingerprint density at radius 2 is 1.59 bits per heavy atom. The zero-order valence-electron chi connectivity index (χ0n) is 15.5. The molecular weight excluding hydrogens is 430 g/mol. The molecule has 3 aromatic carbocycles. The number of nitrogens with zero attached hydrogens (tertiary/aromatic N) is 1. The van der Waals surface area contributed by atoms with Crippen molar-refractivity contribution in [3.63, 3.8) is 0 Å². The van der Waals surface area contributed by atoms with Crippen LogP contribution in [0.2, 0.25) is 0 Å². The van der Waals surface area contributed by atoms with E-state index >= 15 is 0 Å². The smallest absolute Gasteiger partial charge is 0.339 e. The molecule has 0 aliphatic carbocycles. The first-order valence-electron chi connectivity index (χ1n) is 9.21. The summed E-state index contributed by atoms with van der Waals surface area (Å²) in [5.74, 6) is 0.356. The first kappa shape index (κ1) is 19.2. The molecule has 0 aliphatic heterocycles. The molecule has 0 N–H and O–H groups in total. The lowest BCUT2D eigenvalue weighted by Gasteiger charge is -2.11. The van der Waals surface area contributed by atoms with Gasteiger partial charge in [-0.25, -0.2) is 9.78 Å². The first-order valence-corrected chi connectivity index (χ1v) is 10.0. The van der Waals surface area contributed by atoms with E-state index in [1.165, 1.54) is 0 Å². The van der Waals surface area contributed by atoms with Crippen LogP contribution in [0.1, 0.15) is 10.4 Å². The molecule has 4 nitrogen and oxygen atoms in total. The zero-order chi connectivity index (χ0) is 20.1. The van der Waals surface area contributed by atoms with E-state index < -0.39 is 5.97 Å². The van der Waals surface area contributed by atoms with Gasteiger partial charge in [0.25, 0.3) is 0 Å². The number of fused-ring (bicyclic) bond motifs is 1. The molecule has 0 radical (unpaired) electrons. The first-order chi connectivity index (χ1) is 14.2. The quantitative estimate of drug-likeness (QED) is 0.272. The SMILES string of the molecule is O=C(OCCOc1ccccc1)c1cc(-c2ccc(Br)cc2)nc2ccccc12. The molecular formula is C24H18BrNO3. The summed E-state index contributed by atoms with van der Waals surface area (Å²) in [6, 6.07) is 26.6. The Hall–Kier alpha value is -3.18. The van der Waals surface area contributed by atoms with E-state index in [4.69, 9.17) is 14.5 Å². The molecule has 0 saturated carbocycles. The molecule has 0 spiro atoms. The van der Waals surface area contributed by atoms with Crippen LogP contribution in [0.3, 0.4) is 0 Å². The van der Waals surface area contributed by atoms with Crippen molar-refractivity contribution in [1.29, 1.82) is 0 Å². The number of benzene rings is 3. The average molecular weight is 448 g/mol. The number of para-hydroxylation sites is 2. The fourth-order valence-electron chi connectivity index (χ4n) is 3.00. The van der Waals surface area contributed by atoms with Crippen molar-refractivity contribution < 1.29 is 14.3 Å². The standard InChI is InChI=1S/C24H18BrNO3/c25-18-12-10-17(11-13-18)23-16-21(20-8-4-5-9-22(20)26-23)24(27)29-15-14-28-19-6-2-1-3-7-19/h1-13,16H,14-15H2. The lowest BCUT2D eigenvalue weighted by molar-refractivity contribution is 0.0452. The topological polar surface area (TPSA) is 48.4 Å². The molecule has 0 bridgehead atoms. The summed E-state index contributed by atoms with van der Waals surface area (Å²) in [6.07, 6.45) is 0. The van der Waals surface area contributed by atoms with Crippen molar-refractivity contribution in [2.75, 3.05) is 13.2 Å². The van der Waals surface area contributed by atoms with Crippen LogP contribution in [0.5, 0.6) is 5.75 Å². The maximum absolute atomic E-state index is 12.8. The summed E-state index contributed by atoms with van der Waals surface area (Å²) in [5, 5.41) is 0.766. The molecule has 4 rings (SSSR count). The van der Waals surface area contributed by atoms with E-state index in [-0.39, 0.29) is 6.61 Å². The predicted octanol–water partition coefficient (Wildman–Crippen LogP) is 5.90. The van der Waals surface area contributed by atoms with Gasteiger partial charge in [0.1, 0.15) is 19.0 Å². The average Bonchev–Trinajstić information content (AvgIpc) is 2.77. The van der Waals surface area contributed by atoms with Gasteiger partial charge in [-0.1, -0.05) is 64.5 Å². The highest BCUT2D eigenvalue weighted by Crippen LogP contribution is 2.26. The van der Waals surface area contributed by atoms with E-state index in [1.807, 2.05) is 78.9 Å². The van der Waals surface area contributed by atoms with Crippen LogP contribution >= 0.6 is 15.9 Å². The summed E-state index contributed by atoms with van der Waals surface area (Å²) in [7, 11) is 0. The molecule has 0 amide bonds. The maximum atomic E-state index is 12.8. The molecule has 1 aromatic heterocycles. The Bertz CT molecular complexity index is 1130. The van der Waals surface area contributed by atoms with Crippen LogP contribution in [0.15, 0.2) is 89.4 Å². The number of carbonyl (C=O) groups is 1. The van der Waals surface area contributed by atoms with E-state index in [0.717, 1.165) is 32.4 Å². The number of hydrogen-bond donors (Lipinski definition) is 0. The number of ether oxygens (including phenoxy) is 2. The van der Waals surface area contributed by atoms with Crippen molar-refractivity contribution in [2.24, 2.45) is 0 Å². The molecule has 4 aromatic rings. The molecule has 5 heteroatoms. The predicted molar refractivity (Wildman–Crippen MR) is 117 cm³/mol. The third-order valence-corrected chi connectivity index (χ3v) is 4.93. The molecule has 0 aliphatic rings. The van der Waals surface area contributed by atoms with Gasteiger partial charge in [0.15, 0.2) is 0 Å². The number of carbonyl (C=O) groups excluding carboxylic acids is 1. The van der Waals surface area contributed by atoms with E-state index in [0.29, 0.717) is 12.2 Å². The van der Waals surface area contributed by atoms with Gasteiger partial charge >= 0.3 is 5.97 Å². The van der Waals surface area contributed by atoms with Gasteiger partial charge in [-0.2, -0.15) is 0 Å². The van der Waals surface area contributed by atoms with Gasteiger partial charge in [0.05, 0.1) is 16.8 Å². The second-order valence-corrected chi connectivity index (χ2v) is 7.29. The summed E-state index contributed by atoms with van der Waals surface area (Å²) in [5.41, 5.74) is 2.90. The number of pyridine rings is 1. The minimum Gasteiger partial charge on any atom is -0.490 e. The van der Waals surface area contributed by atoms with Gasteiger partial charge in [0.2, 0.25) is 0 Å². The van der Waals surface area contributed by atoms with Crippen LogP contribution in [-0.2, 0) is 4.74 Å². The highest BCUT2D eigenvalue weighted by molar-refractivity contribution is 9.10. The highest BCUT2D eigenvalue weighted by atomic mass is 79.9. The molecule has 0 atom stereocenters. The normalized spacial score (nSPS) is 10.7. The van der Waals surface area contributed by atoms with Gasteiger partial charge in [-0.05, 0) is 36.4 Å². The van der Waals surface area contributed by atoms with Crippen molar-refractivity contribution in [3.05, 3.63) is 95.0 Å². The molecule has 0 unspecified atom stereocenters. The monoisotopic (exact) mass is 447 g/mol. The number of hydrogen-bond acceptors (Lipinski definition) is 4. The third-order valence-electron chi connectivity index (χ3n) is 4.40. The number of halogens is 1. The minimum atomic E-state index is -0.390. The Morgan fingerprint density at radius 3 is 2.38 bits per heavy atom. The minimum absolute atomic E-state index is 0.165. The number of rotatable bonds is 6. The van der Waals surface area contributed by atoms with Crippen molar-refractivity contribution in [1.82, 2.24) is 4.98 Å². The van der Waals surface area contributed by atoms with Crippen molar-refractivity contribution in [3.8, 4) is 17.0 Å². The Morgan fingerprint density at radius 1 is 0.862 bits per heavy atom. The summed E-state index contributed by atoms with van der Waals surface area (Å²) in [4.78, 5) is 17.5. The fourth-order valence-corrected chi connectivity index (χ4v) is 3.27. The largest absolute Gasteiger partial charge is 0.490 e. The zero-order valence-corrected chi connectivity index (χ0v) is 17.1. The molecule has 0 fully saturated rings. The number of aromatic nitrogens is 1. The van der Waals surface area contributed by atoms with E-state index in [1.54, 1.807) is 6.07 Å². The Labute approximate surface area is 177 Å². The second kappa shape index (κ2) is 8.88. The van der Waals surface area contributed by atoms with Gasteiger partial charge in [0, 0.05) is 15.4 Å². The summed E-state index contributed by atoms with van der Waals surface area (Å²) in [6.45, 7) is 0.455. The summed E-state index contributed by atoms with van der Waals surface area (Å²) >= 11 is 3.44. The molecule has 1 heterocycles. The van der Waals surface area contributed by atoms with Crippen molar-refractivity contribution >= 4 is 32.8 Å². The van der Waals surface area contributed by atoms with Crippen LogP contribution in [0.25, 0.3) is 22.2 Å². The fraction of sp³-hybridized carbons (Fsp3) is 0.0833. The lowest BCUT2D eigenvalue weighted by atomic mass is 10.0. The van der Waals surface area contributed by atoms with Crippen LogP contribution in [-0.4, -0.2) is 24.2 Å². The molecule has 29 heavy (non-hydrogen) atoms. The molecule has 0 saturated heterocycles. The maximum Gasteiger partial charge on any atom is 0.339 e. The number of esters is 1. The summed E-state index contributed by atoms with van der Waals surface area (Å²) < 4.78 is 12.0. The van der Waals surface area contributed by atoms with E-state index in [9.17, 15) is 4.79 Å². The van der Waals surface area contributed by atoms with Gasteiger partial charge in [-0.15, -0.1) is 0 Å². The Balaban J connectivity index is 1.55. The van der Waals surface area contributed by atoms with Crippen LogP contribution in [0.4, 0.5) is 0 Å². The molecule has 144 valence electrons.